The van der Waals surface area contributed by atoms with Crippen LogP contribution in [0.5, 0.6) is 0 Å². The molecule has 0 bridgehead atoms. The van der Waals surface area contributed by atoms with Crippen molar-refractivity contribution in [2.75, 3.05) is 11.4 Å². The molecule has 0 aromatic carbocycles. The summed E-state index contributed by atoms with van der Waals surface area (Å²) in [6.45, 7) is 8.67. The first-order valence-corrected chi connectivity index (χ1v) is 8.46. The SMILES string of the molecule is Cc1nc(N(CCC(C)C)C2CC2)ncc1CNC1CC1. The van der Waals surface area contributed by atoms with Gasteiger partial charge in [-0.05, 0) is 44.9 Å². The number of nitrogens with one attached hydrogen (secondary N) is 1. The first kappa shape index (κ1) is 14.8. The Hall–Kier alpha value is -1.16. The van der Waals surface area contributed by atoms with Crippen molar-refractivity contribution in [1.82, 2.24) is 15.3 Å². The molecular weight excluding hydrogens is 260 g/mol. The molecule has 3 rings (SSSR count). The van der Waals surface area contributed by atoms with Crippen molar-refractivity contribution in [3.63, 3.8) is 0 Å². The molecule has 0 aliphatic heterocycles. The van der Waals surface area contributed by atoms with Gasteiger partial charge in [-0.3, -0.25) is 0 Å². The summed E-state index contributed by atoms with van der Waals surface area (Å²) in [7, 11) is 0. The van der Waals surface area contributed by atoms with E-state index in [9.17, 15) is 0 Å². The fraction of sp³-hybridized carbons (Fsp3) is 0.765. The van der Waals surface area contributed by atoms with Crippen molar-refractivity contribution in [2.45, 2.75) is 71.5 Å². The normalized spacial score (nSPS) is 18.3. The zero-order chi connectivity index (χ0) is 14.8. The van der Waals surface area contributed by atoms with Crippen LogP contribution < -0.4 is 10.2 Å². The van der Waals surface area contributed by atoms with E-state index in [-0.39, 0.29) is 0 Å². The topological polar surface area (TPSA) is 41.1 Å². The maximum Gasteiger partial charge on any atom is 0.225 e. The van der Waals surface area contributed by atoms with E-state index in [0.717, 1.165) is 36.7 Å². The Bertz CT molecular complexity index is 478. The molecule has 1 N–H and O–H groups in total. The highest BCUT2D eigenvalue weighted by molar-refractivity contribution is 5.36. The van der Waals surface area contributed by atoms with E-state index in [0.29, 0.717) is 6.04 Å². The van der Waals surface area contributed by atoms with Gasteiger partial charge in [0.05, 0.1) is 0 Å². The monoisotopic (exact) mass is 288 g/mol. The molecule has 116 valence electrons. The van der Waals surface area contributed by atoms with Gasteiger partial charge >= 0.3 is 0 Å². The smallest absolute Gasteiger partial charge is 0.225 e. The van der Waals surface area contributed by atoms with Gasteiger partial charge in [-0.1, -0.05) is 13.8 Å². The van der Waals surface area contributed by atoms with Crippen molar-refractivity contribution < 1.29 is 0 Å². The lowest BCUT2D eigenvalue weighted by Gasteiger charge is -2.24. The Morgan fingerprint density at radius 2 is 2.05 bits per heavy atom. The van der Waals surface area contributed by atoms with Crippen LogP contribution in [0.2, 0.25) is 0 Å². The lowest BCUT2D eigenvalue weighted by Crippen LogP contribution is -2.30. The van der Waals surface area contributed by atoms with Crippen LogP contribution in [-0.4, -0.2) is 28.6 Å². The molecular formula is C17H28N4. The van der Waals surface area contributed by atoms with Gasteiger partial charge in [0.15, 0.2) is 0 Å². The quantitative estimate of drug-likeness (QED) is 0.798. The summed E-state index contributed by atoms with van der Waals surface area (Å²) in [5.41, 5.74) is 2.37. The number of hydrogen-bond acceptors (Lipinski definition) is 4. The summed E-state index contributed by atoms with van der Waals surface area (Å²) in [5, 5.41) is 3.54. The van der Waals surface area contributed by atoms with E-state index >= 15 is 0 Å². The third kappa shape index (κ3) is 4.16. The standard InChI is InChI=1S/C17H28N4/c1-12(2)8-9-21(16-6-7-16)17-19-11-14(13(3)20-17)10-18-15-4-5-15/h11-12,15-16,18H,4-10H2,1-3H3. The van der Waals surface area contributed by atoms with E-state index in [1.807, 2.05) is 6.20 Å². The molecule has 2 aliphatic rings. The van der Waals surface area contributed by atoms with Gasteiger partial charge in [0, 0.05) is 42.6 Å². The van der Waals surface area contributed by atoms with Crippen LogP contribution >= 0.6 is 0 Å². The number of nitrogens with zero attached hydrogens (tertiary/aromatic N) is 3. The summed E-state index contributed by atoms with van der Waals surface area (Å²) in [5.74, 6) is 1.67. The van der Waals surface area contributed by atoms with Crippen molar-refractivity contribution >= 4 is 5.95 Å². The number of aryl methyl sites for hydroxylation is 1. The molecule has 0 unspecified atom stereocenters. The second-order valence-electron chi connectivity index (χ2n) is 7.04. The van der Waals surface area contributed by atoms with Crippen molar-refractivity contribution in [1.29, 1.82) is 0 Å². The van der Waals surface area contributed by atoms with E-state index in [4.69, 9.17) is 4.98 Å². The van der Waals surface area contributed by atoms with Crippen LogP contribution in [-0.2, 0) is 6.54 Å². The summed E-state index contributed by atoms with van der Waals surface area (Å²) in [6, 6.07) is 1.41. The molecule has 4 nitrogen and oxygen atoms in total. The van der Waals surface area contributed by atoms with E-state index in [1.165, 1.54) is 37.7 Å². The molecule has 0 amide bonds. The predicted molar refractivity (Wildman–Crippen MR) is 86.5 cm³/mol. The first-order valence-electron chi connectivity index (χ1n) is 8.46. The van der Waals surface area contributed by atoms with Gasteiger partial charge in [0.1, 0.15) is 0 Å². The second kappa shape index (κ2) is 6.30. The highest BCUT2D eigenvalue weighted by Gasteiger charge is 2.31. The third-order valence-electron chi connectivity index (χ3n) is 4.42. The van der Waals surface area contributed by atoms with Gasteiger partial charge < -0.3 is 10.2 Å². The molecule has 21 heavy (non-hydrogen) atoms. The molecule has 1 aromatic heterocycles. The Morgan fingerprint density at radius 1 is 1.29 bits per heavy atom. The van der Waals surface area contributed by atoms with Crippen molar-refractivity contribution in [3.05, 3.63) is 17.5 Å². The molecule has 1 aromatic rings. The average Bonchev–Trinajstić information content (AvgIpc) is 3.31. The predicted octanol–water partition coefficient (Wildman–Crippen LogP) is 3.05. The molecule has 2 aliphatic carbocycles. The van der Waals surface area contributed by atoms with Gasteiger partial charge in [-0.2, -0.15) is 0 Å². The zero-order valence-corrected chi connectivity index (χ0v) is 13.6. The third-order valence-corrected chi connectivity index (χ3v) is 4.42. The zero-order valence-electron chi connectivity index (χ0n) is 13.6. The number of anilines is 1. The van der Waals surface area contributed by atoms with Gasteiger partial charge in [-0.25, -0.2) is 9.97 Å². The van der Waals surface area contributed by atoms with Crippen LogP contribution in [0.3, 0.4) is 0 Å². The number of rotatable bonds is 8. The molecule has 0 saturated heterocycles. The highest BCUT2D eigenvalue weighted by atomic mass is 15.3. The van der Waals surface area contributed by atoms with E-state index in [2.05, 4.69) is 36.0 Å². The fourth-order valence-corrected chi connectivity index (χ4v) is 2.56. The Labute approximate surface area is 128 Å². The summed E-state index contributed by atoms with van der Waals surface area (Å²) in [6.07, 6.45) is 8.48. The maximum atomic E-state index is 4.79. The van der Waals surface area contributed by atoms with Crippen molar-refractivity contribution in [2.24, 2.45) is 5.92 Å². The number of hydrogen-bond donors (Lipinski definition) is 1. The minimum Gasteiger partial charge on any atom is -0.338 e. The minimum absolute atomic E-state index is 0.679. The van der Waals surface area contributed by atoms with Crippen molar-refractivity contribution in [3.8, 4) is 0 Å². The number of aromatic nitrogens is 2. The molecule has 0 spiro atoms. The Morgan fingerprint density at radius 3 is 2.62 bits per heavy atom. The maximum absolute atomic E-state index is 4.79. The largest absolute Gasteiger partial charge is 0.338 e. The molecule has 2 saturated carbocycles. The molecule has 2 fully saturated rings. The lowest BCUT2D eigenvalue weighted by atomic mass is 10.1. The Kier molecular flexibility index (Phi) is 4.43. The average molecular weight is 288 g/mol. The first-order chi connectivity index (χ1) is 10.1. The van der Waals surface area contributed by atoms with Crippen LogP contribution in [0.15, 0.2) is 6.20 Å². The van der Waals surface area contributed by atoms with Crippen LogP contribution in [0.4, 0.5) is 5.95 Å². The minimum atomic E-state index is 0.679. The lowest BCUT2D eigenvalue weighted by molar-refractivity contribution is 0.565. The van der Waals surface area contributed by atoms with Crippen LogP contribution in [0.25, 0.3) is 0 Å². The second-order valence-corrected chi connectivity index (χ2v) is 7.04. The molecule has 0 atom stereocenters. The highest BCUT2D eigenvalue weighted by Crippen LogP contribution is 2.30. The molecule has 4 heteroatoms. The van der Waals surface area contributed by atoms with Gasteiger partial charge in [-0.15, -0.1) is 0 Å². The van der Waals surface area contributed by atoms with Crippen LogP contribution in [0, 0.1) is 12.8 Å². The van der Waals surface area contributed by atoms with Gasteiger partial charge in [0.25, 0.3) is 0 Å². The summed E-state index contributed by atoms with van der Waals surface area (Å²) >= 11 is 0. The van der Waals surface area contributed by atoms with Gasteiger partial charge in [0.2, 0.25) is 5.95 Å². The van der Waals surface area contributed by atoms with E-state index < -0.39 is 0 Å². The Balaban J connectivity index is 1.65. The molecule has 1 heterocycles. The van der Waals surface area contributed by atoms with E-state index in [1.54, 1.807) is 0 Å². The fourth-order valence-electron chi connectivity index (χ4n) is 2.56. The van der Waals surface area contributed by atoms with Crippen LogP contribution in [0.1, 0.15) is 57.2 Å². The molecule has 0 radical (unpaired) electrons. The summed E-state index contributed by atoms with van der Waals surface area (Å²) < 4.78 is 0. The summed E-state index contributed by atoms with van der Waals surface area (Å²) in [4.78, 5) is 11.9.